The zero-order valence-corrected chi connectivity index (χ0v) is 24.7. The summed E-state index contributed by atoms with van der Waals surface area (Å²) in [5, 5.41) is 7.09. The SMILES string of the molecule is Cc1ccc(CN2CCC(Nc3c(Cl)cnc4nc(-c5ccc(OCC(=O)NCCN(C)C)cc5)[nH]c34)CC2)cc1. The number of hydrogen-bond donors (Lipinski definition) is 3. The number of nitrogens with one attached hydrogen (secondary N) is 3. The van der Waals surface area contributed by atoms with Crippen LogP contribution in [0.15, 0.2) is 54.7 Å². The first-order chi connectivity index (χ1) is 19.8. The fraction of sp³-hybridized carbons (Fsp3) is 0.387. The van der Waals surface area contributed by atoms with Crippen LogP contribution in [0.3, 0.4) is 0 Å². The Kier molecular flexibility index (Phi) is 9.38. The number of likely N-dealkylation sites (N-methyl/N-ethyl adjacent to an activating group) is 1. The number of aromatic amines is 1. The quantitative estimate of drug-likeness (QED) is 0.238. The van der Waals surface area contributed by atoms with Crippen molar-refractivity contribution in [2.45, 2.75) is 32.4 Å². The van der Waals surface area contributed by atoms with Crippen LogP contribution in [-0.2, 0) is 11.3 Å². The summed E-state index contributed by atoms with van der Waals surface area (Å²) in [6, 6.07) is 16.6. The van der Waals surface area contributed by atoms with Gasteiger partial charge in [0.15, 0.2) is 12.3 Å². The molecule has 0 unspecified atom stereocenters. The number of ether oxygens (including phenoxy) is 1. The van der Waals surface area contributed by atoms with E-state index in [1.807, 2.05) is 43.3 Å². The standard InChI is InChI=1S/C31H38ClN7O2/c1-21-4-6-22(7-5-21)19-39-15-12-24(13-16-39)35-28-26(32)18-34-31-29(28)36-30(37-31)23-8-10-25(11-9-23)41-20-27(40)33-14-17-38(2)3/h4-11,18,24H,12-17,19-20H2,1-3H3,(H,33,40)(H2,34,35,36,37). The molecule has 1 aliphatic rings. The highest BCUT2D eigenvalue weighted by Crippen LogP contribution is 2.32. The number of carbonyl (C=O) groups excluding carboxylic acids is 1. The average molecular weight is 576 g/mol. The minimum absolute atomic E-state index is 0.0280. The summed E-state index contributed by atoms with van der Waals surface area (Å²) >= 11 is 6.62. The molecule has 0 bridgehead atoms. The number of amides is 1. The van der Waals surface area contributed by atoms with Gasteiger partial charge in [-0.05, 0) is 63.7 Å². The molecule has 0 aliphatic carbocycles. The van der Waals surface area contributed by atoms with Crippen LogP contribution >= 0.6 is 11.6 Å². The van der Waals surface area contributed by atoms with Gasteiger partial charge in [0.1, 0.15) is 17.1 Å². The number of aromatic nitrogens is 3. The lowest BCUT2D eigenvalue weighted by molar-refractivity contribution is -0.123. The van der Waals surface area contributed by atoms with E-state index < -0.39 is 0 Å². The lowest BCUT2D eigenvalue weighted by Crippen LogP contribution is -2.38. The molecule has 5 rings (SSSR count). The molecule has 3 N–H and O–H groups in total. The normalized spacial score (nSPS) is 14.5. The van der Waals surface area contributed by atoms with E-state index in [2.05, 4.69) is 56.7 Å². The number of hydrogen-bond acceptors (Lipinski definition) is 7. The largest absolute Gasteiger partial charge is 0.484 e. The van der Waals surface area contributed by atoms with E-state index in [1.54, 1.807) is 6.20 Å². The number of imidazole rings is 1. The van der Waals surface area contributed by atoms with Crippen LogP contribution in [-0.4, -0.2) is 83.6 Å². The maximum atomic E-state index is 12.0. The predicted molar refractivity (Wildman–Crippen MR) is 164 cm³/mol. The maximum absolute atomic E-state index is 12.0. The first kappa shape index (κ1) is 28.9. The van der Waals surface area contributed by atoms with Crippen LogP contribution in [0.1, 0.15) is 24.0 Å². The van der Waals surface area contributed by atoms with Crippen molar-refractivity contribution in [3.05, 3.63) is 70.9 Å². The Morgan fingerprint density at radius 1 is 1.12 bits per heavy atom. The molecule has 2 aromatic heterocycles. The first-order valence-corrected chi connectivity index (χ1v) is 14.4. The van der Waals surface area contributed by atoms with E-state index in [-0.39, 0.29) is 12.5 Å². The monoisotopic (exact) mass is 575 g/mol. The summed E-state index contributed by atoms with van der Waals surface area (Å²) in [7, 11) is 3.93. The second-order valence-electron chi connectivity index (χ2n) is 10.9. The van der Waals surface area contributed by atoms with Crippen LogP contribution in [0.25, 0.3) is 22.6 Å². The molecule has 10 heteroatoms. The van der Waals surface area contributed by atoms with Gasteiger partial charge in [0.25, 0.3) is 5.91 Å². The van der Waals surface area contributed by atoms with Gasteiger partial charge in [-0.3, -0.25) is 9.69 Å². The highest BCUT2D eigenvalue weighted by Gasteiger charge is 2.22. The van der Waals surface area contributed by atoms with Crippen LogP contribution in [0.4, 0.5) is 5.69 Å². The fourth-order valence-corrected chi connectivity index (χ4v) is 5.13. The Hall–Kier alpha value is -3.66. The van der Waals surface area contributed by atoms with Crippen molar-refractivity contribution < 1.29 is 9.53 Å². The van der Waals surface area contributed by atoms with Gasteiger partial charge in [-0.1, -0.05) is 41.4 Å². The fourth-order valence-electron chi connectivity index (χ4n) is 4.93. The van der Waals surface area contributed by atoms with Gasteiger partial charge in [0, 0.05) is 44.3 Å². The van der Waals surface area contributed by atoms with Crippen molar-refractivity contribution in [3.8, 4) is 17.1 Å². The molecule has 3 heterocycles. The number of H-pyrrole nitrogens is 1. The molecular formula is C31H38ClN7O2. The molecule has 1 saturated heterocycles. The maximum Gasteiger partial charge on any atom is 0.257 e. The number of benzene rings is 2. The Morgan fingerprint density at radius 3 is 2.56 bits per heavy atom. The number of halogens is 1. The number of piperidine rings is 1. The summed E-state index contributed by atoms with van der Waals surface area (Å²) in [5.74, 6) is 1.16. The van der Waals surface area contributed by atoms with Crippen molar-refractivity contribution in [2.75, 3.05) is 52.2 Å². The Morgan fingerprint density at radius 2 is 1.85 bits per heavy atom. The molecule has 0 saturated carbocycles. The van der Waals surface area contributed by atoms with Gasteiger partial charge in [-0.2, -0.15) is 0 Å². The Balaban J connectivity index is 1.19. The molecule has 1 aliphatic heterocycles. The number of pyridine rings is 1. The number of likely N-dealkylation sites (tertiary alicyclic amines) is 1. The summed E-state index contributed by atoms with van der Waals surface area (Å²) in [6.45, 7) is 6.49. The molecule has 0 spiro atoms. The van der Waals surface area contributed by atoms with Crippen molar-refractivity contribution >= 4 is 34.4 Å². The minimum Gasteiger partial charge on any atom is -0.484 e. The third-order valence-corrected chi connectivity index (χ3v) is 7.60. The molecule has 0 atom stereocenters. The predicted octanol–water partition coefficient (Wildman–Crippen LogP) is 4.72. The Labute approximate surface area is 246 Å². The third kappa shape index (κ3) is 7.75. The first-order valence-electron chi connectivity index (χ1n) is 14.1. The molecule has 4 aromatic rings. The van der Waals surface area contributed by atoms with E-state index >= 15 is 0 Å². The summed E-state index contributed by atoms with van der Waals surface area (Å²) in [5.41, 5.74) is 5.77. The number of fused-ring (bicyclic) bond motifs is 1. The molecule has 216 valence electrons. The van der Waals surface area contributed by atoms with E-state index in [0.717, 1.165) is 55.8 Å². The van der Waals surface area contributed by atoms with E-state index in [0.29, 0.717) is 34.8 Å². The molecular weight excluding hydrogens is 538 g/mol. The molecule has 1 amide bonds. The van der Waals surface area contributed by atoms with Crippen LogP contribution < -0.4 is 15.4 Å². The average Bonchev–Trinajstić information content (AvgIpc) is 3.40. The van der Waals surface area contributed by atoms with Crippen LogP contribution in [0, 0.1) is 6.92 Å². The van der Waals surface area contributed by atoms with Gasteiger partial charge in [0.05, 0.1) is 16.9 Å². The summed E-state index contributed by atoms with van der Waals surface area (Å²) < 4.78 is 5.64. The summed E-state index contributed by atoms with van der Waals surface area (Å²) in [6.07, 6.45) is 3.72. The van der Waals surface area contributed by atoms with E-state index in [4.69, 9.17) is 21.3 Å². The minimum atomic E-state index is -0.145. The number of carbonyl (C=O) groups is 1. The molecule has 2 aromatic carbocycles. The van der Waals surface area contributed by atoms with Gasteiger partial charge in [0.2, 0.25) is 0 Å². The molecule has 1 fully saturated rings. The zero-order chi connectivity index (χ0) is 28.8. The topological polar surface area (TPSA) is 98.4 Å². The second kappa shape index (κ2) is 13.3. The lowest BCUT2D eigenvalue weighted by Gasteiger charge is -2.33. The lowest BCUT2D eigenvalue weighted by atomic mass is 10.0. The van der Waals surface area contributed by atoms with Crippen LogP contribution in [0.5, 0.6) is 5.75 Å². The van der Waals surface area contributed by atoms with Crippen molar-refractivity contribution in [1.82, 2.24) is 30.1 Å². The Bertz CT molecular complexity index is 1450. The van der Waals surface area contributed by atoms with Gasteiger partial charge in [-0.25, -0.2) is 9.97 Å². The second-order valence-corrected chi connectivity index (χ2v) is 11.3. The van der Waals surface area contributed by atoms with Gasteiger partial charge < -0.3 is 25.3 Å². The number of anilines is 1. The number of nitrogens with zero attached hydrogens (tertiary/aromatic N) is 4. The smallest absolute Gasteiger partial charge is 0.257 e. The van der Waals surface area contributed by atoms with Crippen molar-refractivity contribution in [2.24, 2.45) is 0 Å². The zero-order valence-electron chi connectivity index (χ0n) is 23.9. The van der Waals surface area contributed by atoms with Gasteiger partial charge in [-0.15, -0.1) is 0 Å². The van der Waals surface area contributed by atoms with Crippen LogP contribution in [0.2, 0.25) is 5.02 Å². The number of aryl methyl sites for hydroxylation is 1. The molecule has 9 nitrogen and oxygen atoms in total. The summed E-state index contributed by atoms with van der Waals surface area (Å²) in [4.78, 5) is 29.1. The number of rotatable bonds is 11. The third-order valence-electron chi connectivity index (χ3n) is 7.32. The van der Waals surface area contributed by atoms with Crippen molar-refractivity contribution in [1.29, 1.82) is 0 Å². The van der Waals surface area contributed by atoms with Gasteiger partial charge >= 0.3 is 0 Å². The molecule has 0 radical (unpaired) electrons. The molecule has 41 heavy (non-hydrogen) atoms. The van der Waals surface area contributed by atoms with E-state index in [1.165, 1.54) is 11.1 Å². The van der Waals surface area contributed by atoms with Crippen molar-refractivity contribution in [3.63, 3.8) is 0 Å². The highest BCUT2D eigenvalue weighted by atomic mass is 35.5. The van der Waals surface area contributed by atoms with E-state index in [9.17, 15) is 4.79 Å². The highest BCUT2D eigenvalue weighted by molar-refractivity contribution is 6.34.